The molecule has 0 aliphatic rings. The first-order valence-corrected chi connectivity index (χ1v) is 5.94. The SMILES string of the molecule is Cc1ccn2c(N)c(-c3ccccc3C#N)nc2c1. The standard InChI is InChI=1S/C15H12N4/c1-10-6-7-19-13(8-10)18-14(15(19)17)12-5-3-2-4-11(12)9-16/h2-8H,17H2,1H3. The highest BCUT2D eigenvalue weighted by atomic mass is 15.1. The van der Waals surface area contributed by atoms with Gasteiger partial charge in [0.25, 0.3) is 0 Å². The number of anilines is 1. The van der Waals surface area contributed by atoms with Crippen molar-refractivity contribution in [1.29, 1.82) is 5.26 Å². The van der Waals surface area contributed by atoms with E-state index in [0.29, 0.717) is 17.1 Å². The number of fused-ring (bicyclic) bond motifs is 1. The van der Waals surface area contributed by atoms with Crippen LogP contribution in [0.4, 0.5) is 5.82 Å². The minimum absolute atomic E-state index is 0.553. The molecule has 0 atom stereocenters. The molecule has 0 aliphatic heterocycles. The first-order valence-electron chi connectivity index (χ1n) is 5.94. The highest BCUT2D eigenvalue weighted by Gasteiger charge is 2.14. The summed E-state index contributed by atoms with van der Waals surface area (Å²) in [5.41, 5.74) is 10.1. The van der Waals surface area contributed by atoms with E-state index in [4.69, 9.17) is 11.0 Å². The molecule has 0 fully saturated rings. The van der Waals surface area contributed by atoms with Crippen LogP contribution in [0.3, 0.4) is 0 Å². The van der Waals surface area contributed by atoms with Gasteiger partial charge in [0.15, 0.2) is 0 Å². The van der Waals surface area contributed by atoms with Gasteiger partial charge in [-0.1, -0.05) is 18.2 Å². The predicted octanol–water partition coefficient (Wildman–Crippen LogP) is 2.76. The number of nitriles is 1. The van der Waals surface area contributed by atoms with E-state index in [1.807, 2.05) is 47.9 Å². The summed E-state index contributed by atoms with van der Waals surface area (Å²) in [5.74, 6) is 0.553. The molecule has 2 aromatic heterocycles. The van der Waals surface area contributed by atoms with E-state index in [2.05, 4.69) is 11.1 Å². The number of benzene rings is 1. The van der Waals surface area contributed by atoms with Crippen LogP contribution >= 0.6 is 0 Å². The summed E-state index contributed by atoms with van der Waals surface area (Å²) in [6.45, 7) is 2.01. The Morgan fingerprint density at radius 3 is 2.84 bits per heavy atom. The maximum Gasteiger partial charge on any atom is 0.139 e. The predicted molar refractivity (Wildman–Crippen MR) is 74.5 cm³/mol. The number of hydrogen-bond acceptors (Lipinski definition) is 3. The van der Waals surface area contributed by atoms with Crippen LogP contribution in [0, 0.1) is 18.3 Å². The monoisotopic (exact) mass is 248 g/mol. The Kier molecular flexibility index (Phi) is 2.46. The molecule has 0 amide bonds. The number of nitrogen functional groups attached to an aromatic ring is 1. The van der Waals surface area contributed by atoms with Gasteiger partial charge in [-0.2, -0.15) is 5.26 Å². The largest absolute Gasteiger partial charge is 0.383 e. The summed E-state index contributed by atoms with van der Waals surface area (Å²) in [6.07, 6.45) is 1.89. The number of aromatic nitrogens is 2. The van der Waals surface area contributed by atoms with Gasteiger partial charge < -0.3 is 5.73 Å². The van der Waals surface area contributed by atoms with Gasteiger partial charge in [-0.3, -0.25) is 4.40 Å². The lowest BCUT2D eigenvalue weighted by Crippen LogP contribution is -1.94. The van der Waals surface area contributed by atoms with E-state index < -0.39 is 0 Å². The van der Waals surface area contributed by atoms with Crippen molar-refractivity contribution in [3.63, 3.8) is 0 Å². The molecule has 3 aromatic rings. The zero-order chi connectivity index (χ0) is 13.4. The Bertz CT molecular complexity index is 809. The van der Waals surface area contributed by atoms with Crippen LogP contribution in [0.15, 0.2) is 42.6 Å². The van der Waals surface area contributed by atoms with Gasteiger partial charge in [0.05, 0.1) is 11.6 Å². The summed E-state index contributed by atoms with van der Waals surface area (Å²) in [5, 5.41) is 9.16. The van der Waals surface area contributed by atoms with Gasteiger partial charge in [0, 0.05) is 11.8 Å². The Morgan fingerprint density at radius 2 is 2.05 bits per heavy atom. The molecule has 92 valence electrons. The van der Waals surface area contributed by atoms with E-state index >= 15 is 0 Å². The van der Waals surface area contributed by atoms with Crippen molar-refractivity contribution in [3.05, 3.63) is 53.7 Å². The highest BCUT2D eigenvalue weighted by Crippen LogP contribution is 2.29. The van der Waals surface area contributed by atoms with E-state index in [-0.39, 0.29) is 0 Å². The number of rotatable bonds is 1. The van der Waals surface area contributed by atoms with Crippen LogP contribution in [-0.4, -0.2) is 9.38 Å². The third-order valence-electron chi connectivity index (χ3n) is 3.12. The maximum atomic E-state index is 9.16. The average Bonchev–Trinajstić information content (AvgIpc) is 2.75. The molecule has 0 aliphatic carbocycles. The zero-order valence-electron chi connectivity index (χ0n) is 10.5. The van der Waals surface area contributed by atoms with E-state index in [1.54, 1.807) is 6.07 Å². The first-order chi connectivity index (χ1) is 9.20. The van der Waals surface area contributed by atoms with Crippen LogP contribution in [0.2, 0.25) is 0 Å². The Morgan fingerprint density at radius 1 is 1.26 bits per heavy atom. The van der Waals surface area contributed by atoms with Crippen molar-refractivity contribution in [2.45, 2.75) is 6.92 Å². The fourth-order valence-electron chi connectivity index (χ4n) is 2.15. The fraction of sp³-hybridized carbons (Fsp3) is 0.0667. The fourth-order valence-corrected chi connectivity index (χ4v) is 2.15. The molecule has 4 heteroatoms. The van der Waals surface area contributed by atoms with Crippen molar-refractivity contribution in [3.8, 4) is 17.3 Å². The van der Waals surface area contributed by atoms with Crippen LogP contribution in [0.5, 0.6) is 0 Å². The van der Waals surface area contributed by atoms with Crippen LogP contribution in [0.25, 0.3) is 16.9 Å². The number of imidazole rings is 1. The summed E-state index contributed by atoms with van der Waals surface area (Å²) in [4.78, 5) is 4.54. The van der Waals surface area contributed by atoms with Crippen LogP contribution < -0.4 is 5.73 Å². The lowest BCUT2D eigenvalue weighted by atomic mass is 10.1. The number of pyridine rings is 1. The first kappa shape index (κ1) is 11.3. The number of nitrogens with two attached hydrogens (primary N) is 1. The van der Waals surface area contributed by atoms with Gasteiger partial charge in [0.2, 0.25) is 0 Å². The number of nitrogens with zero attached hydrogens (tertiary/aromatic N) is 3. The van der Waals surface area contributed by atoms with Gasteiger partial charge in [-0.15, -0.1) is 0 Å². The van der Waals surface area contributed by atoms with E-state index in [1.165, 1.54) is 0 Å². The second kappa shape index (κ2) is 4.14. The Balaban J connectivity index is 2.32. The third kappa shape index (κ3) is 1.72. The second-order valence-electron chi connectivity index (χ2n) is 4.44. The normalized spacial score (nSPS) is 10.5. The minimum atomic E-state index is 0.553. The molecule has 4 nitrogen and oxygen atoms in total. The van der Waals surface area contributed by atoms with Crippen molar-refractivity contribution in [2.75, 3.05) is 5.73 Å². The molecule has 0 spiro atoms. The molecule has 2 heterocycles. The van der Waals surface area contributed by atoms with Crippen LogP contribution in [-0.2, 0) is 0 Å². The molecule has 2 N–H and O–H groups in total. The van der Waals surface area contributed by atoms with Gasteiger partial charge in [-0.05, 0) is 30.7 Å². The second-order valence-corrected chi connectivity index (χ2v) is 4.44. The number of hydrogen-bond donors (Lipinski definition) is 1. The summed E-state index contributed by atoms with van der Waals surface area (Å²) >= 11 is 0. The maximum absolute atomic E-state index is 9.16. The van der Waals surface area contributed by atoms with Crippen molar-refractivity contribution in [2.24, 2.45) is 0 Å². The Hall–Kier alpha value is -2.80. The third-order valence-corrected chi connectivity index (χ3v) is 3.12. The van der Waals surface area contributed by atoms with Crippen molar-refractivity contribution < 1.29 is 0 Å². The molecule has 1 aromatic carbocycles. The lowest BCUT2D eigenvalue weighted by molar-refractivity contribution is 1.18. The van der Waals surface area contributed by atoms with Crippen LogP contribution in [0.1, 0.15) is 11.1 Å². The zero-order valence-corrected chi connectivity index (χ0v) is 10.5. The molecule has 0 saturated carbocycles. The Labute approximate surface area is 110 Å². The highest BCUT2D eigenvalue weighted by molar-refractivity contribution is 5.78. The number of aryl methyl sites for hydroxylation is 1. The van der Waals surface area contributed by atoms with E-state index in [0.717, 1.165) is 16.8 Å². The molecule has 0 radical (unpaired) electrons. The van der Waals surface area contributed by atoms with Gasteiger partial charge >= 0.3 is 0 Å². The molecule has 3 rings (SSSR count). The quantitative estimate of drug-likeness (QED) is 0.720. The topological polar surface area (TPSA) is 67.1 Å². The van der Waals surface area contributed by atoms with Crippen molar-refractivity contribution >= 4 is 11.5 Å². The molecule has 0 unspecified atom stereocenters. The van der Waals surface area contributed by atoms with Gasteiger partial charge in [0.1, 0.15) is 17.2 Å². The minimum Gasteiger partial charge on any atom is -0.383 e. The molecule has 19 heavy (non-hydrogen) atoms. The van der Waals surface area contributed by atoms with E-state index in [9.17, 15) is 0 Å². The van der Waals surface area contributed by atoms with Gasteiger partial charge in [-0.25, -0.2) is 4.98 Å². The summed E-state index contributed by atoms with van der Waals surface area (Å²) in [7, 11) is 0. The lowest BCUT2D eigenvalue weighted by Gasteiger charge is -2.01. The van der Waals surface area contributed by atoms with Crippen molar-refractivity contribution in [1.82, 2.24) is 9.38 Å². The average molecular weight is 248 g/mol. The summed E-state index contributed by atoms with van der Waals surface area (Å²) < 4.78 is 1.83. The smallest absolute Gasteiger partial charge is 0.139 e. The molecular formula is C15H12N4. The summed E-state index contributed by atoms with van der Waals surface area (Å²) in [6, 6.07) is 13.5. The molecular weight excluding hydrogens is 236 g/mol. The molecule has 0 bridgehead atoms. The molecule has 0 saturated heterocycles.